The number of hydrogen-bond acceptors (Lipinski definition) is 6. The Hall–Kier alpha value is -2.84. The zero-order valence-electron chi connectivity index (χ0n) is 19.6. The monoisotopic (exact) mass is 485 g/mol. The molecule has 1 amide bonds. The molecule has 6 nitrogen and oxygen atoms in total. The minimum absolute atomic E-state index is 0.106. The third kappa shape index (κ3) is 5.75. The molecule has 2 aromatic heterocycles. The standard InChI is InChI=1S/C25H31N3O3S2/c1-24(2,3)20-16(26)10-18(32-20)22(29)28-13-15-8-6-7-14(9-15)12-25(4,5)21-17(27)11-19(33-21)23(30)31/h6-11H,12-13,26-27H2,1-5H3,(H,28,29)(H,30,31). The molecule has 0 saturated heterocycles. The van der Waals surface area contributed by atoms with Gasteiger partial charge in [-0.2, -0.15) is 0 Å². The average molecular weight is 486 g/mol. The van der Waals surface area contributed by atoms with Crippen LogP contribution in [-0.4, -0.2) is 17.0 Å². The lowest BCUT2D eigenvalue weighted by atomic mass is 9.83. The number of carboxylic acid groups (broad SMARTS) is 1. The lowest BCUT2D eigenvalue weighted by Crippen LogP contribution is -2.22. The van der Waals surface area contributed by atoms with Gasteiger partial charge in [0.1, 0.15) is 4.88 Å². The van der Waals surface area contributed by atoms with Crippen LogP contribution in [0.2, 0.25) is 0 Å². The molecule has 0 radical (unpaired) electrons. The normalized spacial score (nSPS) is 12.0. The van der Waals surface area contributed by atoms with E-state index < -0.39 is 5.97 Å². The number of nitrogen functional groups attached to an aromatic ring is 2. The Morgan fingerprint density at radius 2 is 1.48 bits per heavy atom. The number of thiophene rings is 2. The van der Waals surface area contributed by atoms with Crippen molar-refractivity contribution in [3.8, 4) is 0 Å². The number of hydrogen-bond donors (Lipinski definition) is 4. The minimum atomic E-state index is -0.964. The van der Waals surface area contributed by atoms with Gasteiger partial charge in [0.05, 0.1) is 4.88 Å². The molecule has 0 aliphatic heterocycles. The van der Waals surface area contributed by atoms with Crippen molar-refractivity contribution in [2.75, 3.05) is 11.5 Å². The molecule has 0 saturated carbocycles. The van der Waals surface area contributed by atoms with Crippen LogP contribution in [0.4, 0.5) is 11.4 Å². The molecule has 0 spiro atoms. The predicted octanol–water partition coefficient (Wildman–Crippen LogP) is 5.42. The highest BCUT2D eigenvalue weighted by molar-refractivity contribution is 7.15. The van der Waals surface area contributed by atoms with E-state index in [0.717, 1.165) is 20.9 Å². The van der Waals surface area contributed by atoms with Crippen molar-refractivity contribution in [3.05, 3.63) is 67.0 Å². The molecule has 1 aromatic carbocycles. The SMILES string of the molecule is CC(C)(C)c1sc(C(=O)NCc2cccc(CC(C)(C)c3sc(C(=O)O)cc3N)c2)cc1N. The van der Waals surface area contributed by atoms with Gasteiger partial charge in [-0.15, -0.1) is 22.7 Å². The smallest absolute Gasteiger partial charge is 0.345 e. The average Bonchev–Trinajstić information content (AvgIpc) is 3.29. The van der Waals surface area contributed by atoms with Crippen LogP contribution >= 0.6 is 22.7 Å². The second-order valence-corrected chi connectivity index (χ2v) is 12.0. The van der Waals surface area contributed by atoms with Crippen molar-refractivity contribution in [1.82, 2.24) is 5.32 Å². The number of carbonyl (C=O) groups excluding carboxylic acids is 1. The first kappa shape index (κ1) is 24.8. The summed E-state index contributed by atoms with van der Waals surface area (Å²) in [6, 6.07) is 11.3. The quantitative estimate of drug-likeness (QED) is 0.356. The van der Waals surface area contributed by atoms with Gasteiger partial charge >= 0.3 is 5.97 Å². The Labute approximate surface area is 202 Å². The Morgan fingerprint density at radius 1 is 0.909 bits per heavy atom. The maximum atomic E-state index is 12.7. The summed E-state index contributed by atoms with van der Waals surface area (Å²) in [6.45, 7) is 10.8. The molecule has 0 atom stereocenters. The highest BCUT2D eigenvalue weighted by Crippen LogP contribution is 2.38. The van der Waals surface area contributed by atoms with Crippen LogP contribution in [0.1, 0.15) is 74.8 Å². The molecule has 6 N–H and O–H groups in total. The van der Waals surface area contributed by atoms with Gasteiger partial charge in [0.2, 0.25) is 0 Å². The Bertz CT molecular complexity index is 1190. The number of carbonyl (C=O) groups is 2. The van der Waals surface area contributed by atoms with Gasteiger partial charge in [0.15, 0.2) is 0 Å². The molecular weight excluding hydrogens is 454 g/mol. The molecule has 176 valence electrons. The Morgan fingerprint density at radius 3 is 2.06 bits per heavy atom. The van der Waals surface area contributed by atoms with E-state index in [1.165, 1.54) is 28.7 Å². The maximum absolute atomic E-state index is 12.7. The summed E-state index contributed by atoms with van der Waals surface area (Å²) in [5, 5.41) is 12.3. The van der Waals surface area contributed by atoms with Gasteiger partial charge in [0, 0.05) is 33.1 Å². The Kier molecular flexibility index (Phi) is 6.91. The lowest BCUT2D eigenvalue weighted by molar-refractivity contribution is 0.0702. The van der Waals surface area contributed by atoms with E-state index in [1.807, 2.05) is 18.2 Å². The third-order valence-electron chi connectivity index (χ3n) is 5.34. The number of rotatable bonds is 7. The maximum Gasteiger partial charge on any atom is 0.345 e. The molecular formula is C25H31N3O3S2. The van der Waals surface area contributed by atoms with E-state index in [4.69, 9.17) is 11.5 Å². The van der Waals surface area contributed by atoms with Gasteiger partial charge in [-0.1, -0.05) is 58.9 Å². The largest absolute Gasteiger partial charge is 0.477 e. The molecule has 3 aromatic rings. The summed E-state index contributed by atoms with van der Waals surface area (Å²) in [5.41, 5.74) is 15.0. The summed E-state index contributed by atoms with van der Waals surface area (Å²) in [7, 11) is 0. The summed E-state index contributed by atoms with van der Waals surface area (Å²) in [6.07, 6.45) is 0.689. The van der Waals surface area contributed by atoms with Gasteiger partial charge in [0.25, 0.3) is 5.91 Å². The first-order valence-corrected chi connectivity index (χ1v) is 12.3. The molecule has 0 fully saturated rings. The first-order valence-electron chi connectivity index (χ1n) is 10.7. The van der Waals surface area contributed by atoms with Gasteiger partial charge in [-0.3, -0.25) is 4.79 Å². The van der Waals surface area contributed by atoms with Crippen molar-refractivity contribution in [3.63, 3.8) is 0 Å². The third-order valence-corrected chi connectivity index (χ3v) is 8.42. The highest BCUT2D eigenvalue weighted by atomic mass is 32.1. The minimum Gasteiger partial charge on any atom is -0.477 e. The molecule has 8 heteroatoms. The zero-order chi connectivity index (χ0) is 24.6. The number of benzene rings is 1. The summed E-state index contributed by atoms with van der Waals surface area (Å²) in [4.78, 5) is 26.7. The molecule has 33 heavy (non-hydrogen) atoms. The molecule has 0 aliphatic carbocycles. The van der Waals surface area contributed by atoms with Gasteiger partial charge < -0.3 is 21.9 Å². The number of nitrogens with one attached hydrogen (secondary N) is 1. The van der Waals surface area contributed by atoms with E-state index in [-0.39, 0.29) is 21.6 Å². The van der Waals surface area contributed by atoms with Gasteiger partial charge in [-0.05, 0) is 35.1 Å². The van der Waals surface area contributed by atoms with Crippen LogP contribution in [-0.2, 0) is 23.8 Å². The first-order chi connectivity index (χ1) is 15.3. The highest BCUT2D eigenvalue weighted by Gasteiger charge is 2.28. The van der Waals surface area contributed by atoms with Crippen molar-refractivity contribution >= 4 is 45.9 Å². The molecule has 0 bridgehead atoms. The van der Waals surface area contributed by atoms with Gasteiger partial charge in [-0.25, -0.2) is 4.79 Å². The molecule has 0 aliphatic rings. The lowest BCUT2D eigenvalue weighted by Gasteiger charge is -2.24. The molecule has 3 rings (SSSR count). The van der Waals surface area contributed by atoms with Crippen molar-refractivity contribution < 1.29 is 14.7 Å². The Balaban J connectivity index is 1.70. The molecule has 2 heterocycles. The zero-order valence-corrected chi connectivity index (χ0v) is 21.2. The van der Waals surface area contributed by atoms with E-state index in [1.54, 1.807) is 6.07 Å². The van der Waals surface area contributed by atoms with Crippen molar-refractivity contribution in [1.29, 1.82) is 0 Å². The van der Waals surface area contributed by atoms with Crippen molar-refractivity contribution in [2.24, 2.45) is 0 Å². The molecule has 0 unspecified atom stereocenters. The van der Waals surface area contributed by atoms with Crippen LogP contribution in [0.25, 0.3) is 0 Å². The summed E-state index contributed by atoms with van der Waals surface area (Å²) in [5.74, 6) is -1.10. The predicted molar refractivity (Wildman–Crippen MR) is 137 cm³/mol. The fourth-order valence-electron chi connectivity index (χ4n) is 3.85. The van der Waals surface area contributed by atoms with Crippen LogP contribution in [0.15, 0.2) is 36.4 Å². The topological polar surface area (TPSA) is 118 Å². The van der Waals surface area contributed by atoms with Crippen LogP contribution in [0.5, 0.6) is 0 Å². The summed E-state index contributed by atoms with van der Waals surface area (Å²) < 4.78 is 0. The van der Waals surface area contributed by atoms with Crippen LogP contribution in [0.3, 0.4) is 0 Å². The summed E-state index contributed by atoms with van der Waals surface area (Å²) >= 11 is 2.66. The van der Waals surface area contributed by atoms with E-state index in [2.05, 4.69) is 46.0 Å². The number of carboxylic acids is 1. The number of anilines is 2. The van der Waals surface area contributed by atoms with Crippen molar-refractivity contribution in [2.45, 2.75) is 58.4 Å². The number of aromatic carboxylic acids is 1. The van der Waals surface area contributed by atoms with E-state index in [9.17, 15) is 14.7 Å². The van der Waals surface area contributed by atoms with Crippen LogP contribution in [0, 0.1) is 0 Å². The fraction of sp³-hybridized carbons (Fsp3) is 0.360. The fourth-order valence-corrected chi connectivity index (χ4v) is 5.92. The van der Waals surface area contributed by atoms with Crippen LogP contribution < -0.4 is 16.8 Å². The number of amides is 1. The number of nitrogens with two attached hydrogens (primary N) is 2. The van der Waals surface area contributed by atoms with E-state index in [0.29, 0.717) is 29.2 Å². The van der Waals surface area contributed by atoms with E-state index >= 15 is 0 Å². The second-order valence-electron chi connectivity index (χ2n) is 9.91. The second kappa shape index (κ2) is 9.19.